The van der Waals surface area contributed by atoms with Crippen LogP contribution in [0, 0.1) is 11.6 Å². The summed E-state index contributed by atoms with van der Waals surface area (Å²) in [6, 6.07) is 2.14. The number of rotatable bonds is 6. The Morgan fingerprint density at radius 3 is 2.60 bits per heavy atom. The monoisotopic (exact) mass is 285 g/mol. The smallest absolute Gasteiger partial charge is 0.222 e. The van der Waals surface area contributed by atoms with Crippen LogP contribution < -0.4 is 16.4 Å². The summed E-state index contributed by atoms with van der Waals surface area (Å²) >= 11 is 0. The van der Waals surface area contributed by atoms with Crippen molar-refractivity contribution in [2.45, 2.75) is 19.4 Å². The largest absolute Gasteiger partial charge is 0.355 e. The van der Waals surface area contributed by atoms with Crippen LogP contribution >= 0.6 is 0 Å². The zero-order chi connectivity index (χ0) is 15.1. The third kappa shape index (κ3) is 4.93. The Morgan fingerprint density at radius 2 is 2.05 bits per heavy atom. The molecule has 0 saturated heterocycles. The molecule has 4 N–H and O–H groups in total. The predicted octanol–water partition coefficient (Wildman–Crippen LogP) is 0.607. The minimum atomic E-state index is -0.856. The number of hydrogen-bond acceptors (Lipinski definition) is 3. The van der Waals surface area contributed by atoms with Crippen LogP contribution in [0.4, 0.5) is 8.78 Å². The van der Waals surface area contributed by atoms with Crippen LogP contribution in [0.1, 0.15) is 24.9 Å². The zero-order valence-corrected chi connectivity index (χ0v) is 11.1. The molecule has 1 rings (SSSR count). The molecule has 5 nitrogen and oxygen atoms in total. The normalized spacial score (nSPS) is 11.8. The van der Waals surface area contributed by atoms with Crippen molar-refractivity contribution in [3.8, 4) is 0 Å². The molecule has 0 aliphatic heterocycles. The van der Waals surface area contributed by atoms with Crippen LogP contribution in [0.25, 0.3) is 0 Å². The van der Waals surface area contributed by atoms with E-state index in [2.05, 4.69) is 10.6 Å². The van der Waals surface area contributed by atoms with Gasteiger partial charge in [-0.3, -0.25) is 9.59 Å². The molecule has 0 bridgehead atoms. The topological polar surface area (TPSA) is 84.2 Å². The maximum absolute atomic E-state index is 13.7. The third-order valence-corrected chi connectivity index (χ3v) is 2.57. The summed E-state index contributed by atoms with van der Waals surface area (Å²) in [5.41, 5.74) is 5.31. The maximum atomic E-state index is 13.7. The Labute approximate surface area is 115 Å². The summed E-state index contributed by atoms with van der Waals surface area (Å²) in [6.07, 6.45) is -0.151. The number of nitrogens with two attached hydrogens (primary N) is 1. The van der Waals surface area contributed by atoms with Gasteiger partial charge in [0.1, 0.15) is 11.6 Å². The predicted molar refractivity (Wildman–Crippen MR) is 69.6 cm³/mol. The van der Waals surface area contributed by atoms with Gasteiger partial charge in [0.25, 0.3) is 0 Å². The number of carbonyl (C=O) groups is 2. The fraction of sp³-hybridized carbons (Fsp3) is 0.385. The molecule has 0 radical (unpaired) electrons. The summed E-state index contributed by atoms with van der Waals surface area (Å²) in [5, 5.41) is 5.00. The Kier molecular flexibility index (Phi) is 6.05. The van der Waals surface area contributed by atoms with E-state index in [4.69, 9.17) is 5.73 Å². The van der Waals surface area contributed by atoms with Gasteiger partial charge in [-0.2, -0.15) is 0 Å². The van der Waals surface area contributed by atoms with Gasteiger partial charge in [0.15, 0.2) is 0 Å². The van der Waals surface area contributed by atoms with Gasteiger partial charge in [0.05, 0.1) is 12.5 Å². The molecule has 2 amide bonds. The average molecular weight is 285 g/mol. The Hall–Kier alpha value is -2.02. The van der Waals surface area contributed by atoms with E-state index in [1.54, 1.807) is 0 Å². The van der Waals surface area contributed by atoms with Crippen molar-refractivity contribution in [1.82, 2.24) is 10.6 Å². The van der Waals surface area contributed by atoms with E-state index in [0.717, 1.165) is 6.07 Å². The van der Waals surface area contributed by atoms with Crippen molar-refractivity contribution in [2.75, 3.05) is 13.1 Å². The standard InChI is InChI=1S/C13H17F2N3O2/c1-8(19)18-12(7-13(20)17-5-4-16)10-3-2-9(14)6-11(10)15/h2-3,6,12H,4-5,7,16H2,1H3,(H,17,20)(H,18,19). The van der Waals surface area contributed by atoms with Crippen LogP contribution in [0.3, 0.4) is 0 Å². The van der Waals surface area contributed by atoms with Gasteiger partial charge in [0.2, 0.25) is 11.8 Å². The lowest BCUT2D eigenvalue weighted by molar-refractivity contribution is -0.122. The SMILES string of the molecule is CC(=O)NC(CC(=O)NCCN)c1ccc(F)cc1F. The van der Waals surface area contributed by atoms with Crippen LogP contribution in [0.2, 0.25) is 0 Å². The summed E-state index contributed by atoms with van der Waals surface area (Å²) in [6.45, 7) is 1.82. The number of benzene rings is 1. The van der Waals surface area contributed by atoms with Crippen molar-refractivity contribution < 1.29 is 18.4 Å². The first-order valence-corrected chi connectivity index (χ1v) is 6.13. The minimum Gasteiger partial charge on any atom is -0.355 e. The van der Waals surface area contributed by atoms with Crippen molar-refractivity contribution in [3.05, 3.63) is 35.4 Å². The van der Waals surface area contributed by atoms with E-state index in [0.29, 0.717) is 6.07 Å². The highest BCUT2D eigenvalue weighted by Crippen LogP contribution is 2.21. The average Bonchev–Trinajstić information content (AvgIpc) is 2.35. The summed E-state index contributed by atoms with van der Waals surface area (Å²) in [7, 11) is 0. The number of amides is 2. The maximum Gasteiger partial charge on any atom is 0.222 e. The highest BCUT2D eigenvalue weighted by molar-refractivity contribution is 5.79. The number of nitrogens with one attached hydrogen (secondary N) is 2. The van der Waals surface area contributed by atoms with Crippen LogP contribution in [-0.2, 0) is 9.59 Å². The molecule has 1 atom stereocenters. The van der Waals surface area contributed by atoms with Crippen molar-refractivity contribution in [3.63, 3.8) is 0 Å². The first-order valence-electron chi connectivity index (χ1n) is 6.13. The molecule has 0 spiro atoms. The quantitative estimate of drug-likeness (QED) is 0.716. The molecule has 0 saturated carbocycles. The lowest BCUT2D eigenvalue weighted by Gasteiger charge is -2.18. The highest BCUT2D eigenvalue weighted by Gasteiger charge is 2.20. The van der Waals surface area contributed by atoms with Crippen molar-refractivity contribution in [2.24, 2.45) is 5.73 Å². The van der Waals surface area contributed by atoms with Gasteiger partial charge in [-0.1, -0.05) is 6.07 Å². The third-order valence-electron chi connectivity index (χ3n) is 2.57. The van der Waals surface area contributed by atoms with Crippen LogP contribution in [-0.4, -0.2) is 24.9 Å². The van der Waals surface area contributed by atoms with Crippen LogP contribution in [0.5, 0.6) is 0 Å². The molecule has 1 aromatic rings. The van der Waals surface area contributed by atoms with E-state index >= 15 is 0 Å². The molecular formula is C13H17F2N3O2. The molecule has 0 fully saturated rings. The minimum absolute atomic E-state index is 0.0597. The van der Waals surface area contributed by atoms with Gasteiger partial charge < -0.3 is 16.4 Å². The van der Waals surface area contributed by atoms with Crippen molar-refractivity contribution in [1.29, 1.82) is 0 Å². The second-order valence-electron chi connectivity index (χ2n) is 4.26. The Morgan fingerprint density at radius 1 is 1.35 bits per heavy atom. The first kappa shape index (κ1) is 16.0. The molecule has 1 aromatic carbocycles. The molecule has 0 aliphatic rings. The second kappa shape index (κ2) is 7.54. The summed E-state index contributed by atoms with van der Waals surface area (Å²) in [4.78, 5) is 22.8. The number of carbonyl (C=O) groups excluding carboxylic acids is 2. The van der Waals surface area contributed by atoms with Gasteiger partial charge >= 0.3 is 0 Å². The summed E-state index contributed by atoms with van der Waals surface area (Å²) in [5.74, 6) is -2.32. The molecule has 0 aliphatic carbocycles. The molecule has 0 heterocycles. The van der Waals surface area contributed by atoms with E-state index in [1.807, 2.05) is 0 Å². The lowest BCUT2D eigenvalue weighted by Crippen LogP contribution is -2.35. The van der Waals surface area contributed by atoms with Gasteiger partial charge in [-0.05, 0) is 6.07 Å². The van der Waals surface area contributed by atoms with E-state index < -0.39 is 23.6 Å². The zero-order valence-electron chi connectivity index (χ0n) is 11.1. The molecule has 1 unspecified atom stereocenters. The first-order chi connectivity index (χ1) is 9.43. The van der Waals surface area contributed by atoms with Crippen LogP contribution in [0.15, 0.2) is 18.2 Å². The Bertz CT molecular complexity index is 495. The molecular weight excluding hydrogens is 268 g/mol. The fourth-order valence-electron chi connectivity index (χ4n) is 1.74. The fourth-order valence-corrected chi connectivity index (χ4v) is 1.74. The second-order valence-corrected chi connectivity index (χ2v) is 4.26. The molecule has 0 aromatic heterocycles. The number of hydrogen-bond donors (Lipinski definition) is 3. The van der Waals surface area contributed by atoms with E-state index in [1.165, 1.54) is 13.0 Å². The van der Waals surface area contributed by atoms with Gasteiger partial charge in [0, 0.05) is 31.6 Å². The Balaban J connectivity index is 2.88. The lowest BCUT2D eigenvalue weighted by atomic mass is 10.0. The highest BCUT2D eigenvalue weighted by atomic mass is 19.1. The molecule has 20 heavy (non-hydrogen) atoms. The number of halogens is 2. The van der Waals surface area contributed by atoms with E-state index in [9.17, 15) is 18.4 Å². The molecule has 7 heteroatoms. The summed E-state index contributed by atoms with van der Waals surface area (Å²) < 4.78 is 26.6. The van der Waals surface area contributed by atoms with E-state index in [-0.39, 0.29) is 31.0 Å². The van der Waals surface area contributed by atoms with Gasteiger partial charge in [-0.15, -0.1) is 0 Å². The molecule has 110 valence electrons. The van der Waals surface area contributed by atoms with Gasteiger partial charge in [-0.25, -0.2) is 8.78 Å². The van der Waals surface area contributed by atoms with Crippen molar-refractivity contribution >= 4 is 11.8 Å².